The molecule has 0 aliphatic carbocycles. The molecule has 0 saturated carbocycles. The molecular formula is C27H19N7O. The van der Waals surface area contributed by atoms with Gasteiger partial charge in [-0.25, -0.2) is 9.97 Å². The Labute approximate surface area is 201 Å². The summed E-state index contributed by atoms with van der Waals surface area (Å²) in [7, 11) is 0. The van der Waals surface area contributed by atoms with E-state index < -0.39 is 0 Å². The minimum atomic E-state index is -0.219. The van der Waals surface area contributed by atoms with E-state index in [-0.39, 0.29) is 5.91 Å². The average Bonchev–Trinajstić information content (AvgIpc) is 2.90. The van der Waals surface area contributed by atoms with Gasteiger partial charge in [0.15, 0.2) is 0 Å². The zero-order valence-electron chi connectivity index (χ0n) is 18.4. The second-order valence-corrected chi connectivity index (χ2v) is 7.66. The number of anilines is 5. The highest BCUT2D eigenvalue weighted by molar-refractivity contribution is 6.04. The molecule has 2 aromatic heterocycles. The summed E-state index contributed by atoms with van der Waals surface area (Å²) in [6.07, 6.45) is 4.83. The number of hydrogen-bond donors (Lipinski definition) is 3. The molecule has 35 heavy (non-hydrogen) atoms. The van der Waals surface area contributed by atoms with Crippen molar-refractivity contribution >= 4 is 45.4 Å². The summed E-state index contributed by atoms with van der Waals surface area (Å²) in [5, 5.41) is 19.5. The van der Waals surface area contributed by atoms with Crippen molar-refractivity contribution in [3.63, 3.8) is 0 Å². The number of hydrogen-bond acceptors (Lipinski definition) is 7. The van der Waals surface area contributed by atoms with Gasteiger partial charge in [0.2, 0.25) is 0 Å². The first-order valence-electron chi connectivity index (χ1n) is 10.8. The lowest BCUT2D eigenvalue weighted by atomic mass is 10.1. The number of aromatic nitrogens is 3. The number of carbonyl (C=O) groups is 1. The summed E-state index contributed by atoms with van der Waals surface area (Å²) >= 11 is 0. The van der Waals surface area contributed by atoms with Crippen LogP contribution in [0, 0.1) is 11.3 Å². The van der Waals surface area contributed by atoms with Crippen LogP contribution in [0.2, 0.25) is 0 Å². The molecule has 0 fully saturated rings. The minimum absolute atomic E-state index is 0.219. The average molecular weight is 457 g/mol. The summed E-state index contributed by atoms with van der Waals surface area (Å²) in [5.41, 5.74) is 4.98. The first-order chi connectivity index (χ1) is 17.2. The second-order valence-electron chi connectivity index (χ2n) is 7.66. The van der Waals surface area contributed by atoms with Crippen molar-refractivity contribution in [3.8, 4) is 6.07 Å². The van der Waals surface area contributed by atoms with Gasteiger partial charge in [0, 0.05) is 46.1 Å². The molecule has 0 atom stereocenters. The predicted octanol–water partition coefficient (Wildman–Crippen LogP) is 5.64. The van der Waals surface area contributed by atoms with E-state index in [2.05, 4.69) is 37.0 Å². The van der Waals surface area contributed by atoms with Gasteiger partial charge < -0.3 is 16.0 Å². The van der Waals surface area contributed by atoms with Crippen LogP contribution in [0.4, 0.5) is 28.6 Å². The summed E-state index contributed by atoms with van der Waals surface area (Å²) in [6, 6.07) is 25.7. The Morgan fingerprint density at radius 1 is 0.800 bits per heavy atom. The number of rotatable bonds is 6. The number of benzene rings is 3. The Morgan fingerprint density at radius 2 is 1.66 bits per heavy atom. The number of carbonyl (C=O) groups excluding carboxylic acids is 1. The largest absolute Gasteiger partial charge is 0.355 e. The van der Waals surface area contributed by atoms with Crippen LogP contribution in [0.1, 0.15) is 15.9 Å². The third-order valence-corrected chi connectivity index (χ3v) is 5.27. The predicted molar refractivity (Wildman–Crippen MR) is 136 cm³/mol. The first-order valence-corrected chi connectivity index (χ1v) is 10.8. The summed E-state index contributed by atoms with van der Waals surface area (Å²) in [5.74, 6) is 0.446. The molecule has 8 nitrogen and oxygen atoms in total. The number of nitrogens with one attached hydrogen (secondary N) is 3. The van der Waals surface area contributed by atoms with Crippen LogP contribution in [-0.2, 0) is 0 Å². The number of nitriles is 1. The molecule has 0 spiro atoms. The van der Waals surface area contributed by atoms with E-state index in [4.69, 9.17) is 0 Å². The van der Waals surface area contributed by atoms with Gasteiger partial charge in [0.05, 0.1) is 17.1 Å². The van der Waals surface area contributed by atoms with Crippen LogP contribution in [-0.4, -0.2) is 20.9 Å². The Kier molecular flexibility index (Phi) is 5.96. The summed E-state index contributed by atoms with van der Waals surface area (Å²) in [6.45, 7) is 0. The molecule has 0 aliphatic heterocycles. The number of amides is 1. The Balaban J connectivity index is 1.28. The maximum atomic E-state index is 12.8. The minimum Gasteiger partial charge on any atom is -0.355 e. The van der Waals surface area contributed by atoms with E-state index >= 15 is 0 Å². The quantitative estimate of drug-likeness (QED) is 0.302. The van der Waals surface area contributed by atoms with Crippen molar-refractivity contribution < 1.29 is 4.79 Å². The molecule has 0 unspecified atom stereocenters. The number of nitrogens with zero attached hydrogens (tertiary/aromatic N) is 4. The van der Waals surface area contributed by atoms with Gasteiger partial charge in [-0.2, -0.15) is 5.26 Å². The maximum absolute atomic E-state index is 12.8. The highest BCUT2D eigenvalue weighted by Gasteiger charge is 2.08. The van der Waals surface area contributed by atoms with Crippen LogP contribution in [0.5, 0.6) is 0 Å². The highest BCUT2D eigenvalue weighted by Crippen LogP contribution is 2.26. The summed E-state index contributed by atoms with van der Waals surface area (Å²) in [4.78, 5) is 25.2. The number of fused-ring (bicyclic) bond motifs is 1. The van der Waals surface area contributed by atoms with Gasteiger partial charge in [-0.15, -0.1) is 0 Å². The van der Waals surface area contributed by atoms with E-state index in [0.717, 1.165) is 28.0 Å². The van der Waals surface area contributed by atoms with Crippen LogP contribution >= 0.6 is 0 Å². The number of pyridine rings is 1. The maximum Gasteiger partial charge on any atom is 0.255 e. The van der Waals surface area contributed by atoms with E-state index in [1.807, 2.05) is 48.5 Å². The van der Waals surface area contributed by atoms with Crippen LogP contribution in [0.25, 0.3) is 10.9 Å². The van der Waals surface area contributed by atoms with E-state index in [0.29, 0.717) is 22.6 Å². The van der Waals surface area contributed by atoms with Gasteiger partial charge in [-0.1, -0.05) is 6.07 Å². The van der Waals surface area contributed by atoms with Crippen LogP contribution in [0.15, 0.2) is 97.6 Å². The zero-order valence-corrected chi connectivity index (χ0v) is 18.4. The normalized spacial score (nSPS) is 10.4. The molecule has 1 amide bonds. The van der Waals surface area contributed by atoms with Gasteiger partial charge in [0.25, 0.3) is 5.91 Å². The third-order valence-electron chi connectivity index (χ3n) is 5.27. The van der Waals surface area contributed by atoms with E-state index in [1.54, 1.807) is 42.7 Å². The SMILES string of the molecule is N#Cc1ccc2nccc(Nc3ccc(C(=O)Nc4cccc(Nc5ccncn5)c4)cc3)c2c1. The molecular weight excluding hydrogens is 438 g/mol. The zero-order chi connectivity index (χ0) is 24.0. The molecule has 3 N–H and O–H groups in total. The van der Waals surface area contributed by atoms with Gasteiger partial charge >= 0.3 is 0 Å². The van der Waals surface area contributed by atoms with E-state index in [1.165, 1.54) is 6.33 Å². The molecule has 8 heteroatoms. The second kappa shape index (κ2) is 9.68. The van der Waals surface area contributed by atoms with Crippen molar-refractivity contribution in [2.24, 2.45) is 0 Å². The van der Waals surface area contributed by atoms with E-state index in [9.17, 15) is 10.1 Å². The van der Waals surface area contributed by atoms with Crippen molar-refractivity contribution in [1.82, 2.24) is 15.0 Å². The fourth-order valence-electron chi connectivity index (χ4n) is 3.58. The Hall–Kier alpha value is -5.29. The molecule has 0 bridgehead atoms. The smallest absolute Gasteiger partial charge is 0.255 e. The Morgan fingerprint density at radius 3 is 2.46 bits per heavy atom. The van der Waals surface area contributed by atoms with Gasteiger partial charge in [-0.3, -0.25) is 9.78 Å². The molecule has 5 aromatic rings. The topological polar surface area (TPSA) is 116 Å². The molecule has 0 radical (unpaired) electrons. The molecule has 168 valence electrons. The Bertz CT molecular complexity index is 1540. The van der Waals surface area contributed by atoms with Crippen molar-refractivity contribution in [3.05, 3.63) is 109 Å². The summed E-state index contributed by atoms with van der Waals surface area (Å²) < 4.78 is 0. The van der Waals surface area contributed by atoms with Crippen LogP contribution in [0.3, 0.4) is 0 Å². The van der Waals surface area contributed by atoms with Crippen molar-refractivity contribution in [2.75, 3.05) is 16.0 Å². The van der Waals surface area contributed by atoms with Crippen molar-refractivity contribution in [1.29, 1.82) is 5.26 Å². The van der Waals surface area contributed by atoms with Gasteiger partial charge in [-0.05, 0) is 72.8 Å². The van der Waals surface area contributed by atoms with Gasteiger partial charge in [0.1, 0.15) is 12.1 Å². The standard InChI is InChI=1S/C27H19N7O/c28-16-18-4-9-24-23(14-18)25(10-13-30-24)32-20-7-5-19(6-8-20)27(35)34-22-3-1-2-21(15-22)33-26-11-12-29-17-31-26/h1-15,17H,(H,30,32)(H,34,35)(H,29,31,33). The van der Waals surface area contributed by atoms with Crippen molar-refractivity contribution in [2.45, 2.75) is 0 Å². The molecule has 0 saturated heterocycles. The fourth-order valence-corrected chi connectivity index (χ4v) is 3.58. The third kappa shape index (κ3) is 5.05. The monoisotopic (exact) mass is 457 g/mol. The first kappa shape index (κ1) is 21.6. The molecule has 3 aromatic carbocycles. The lowest BCUT2D eigenvalue weighted by Gasteiger charge is -2.11. The lowest BCUT2D eigenvalue weighted by molar-refractivity contribution is 0.102. The lowest BCUT2D eigenvalue weighted by Crippen LogP contribution is -2.12. The molecule has 5 rings (SSSR count). The fraction of sp³-hybridized carbons (Fsp3) is 0. The molecule has 0 aliphatic rings. The molecule has 2 heterocycles. The van der Waals surface area contributed by atoms with Crippen LogP contribution < -0.4 is 16.0 Å². The highest BCUT2D eigenvalue weighted by atomic mass is 16.1.